The van der Waals surface area contributed by atoms with Crippen LogP contribution < -0.4 is 5.32 Å². The van der Waals surface area contributed by atoms with Crippen molar-refractivity contribution in [1.29, 1.82) is 0 Å². The van der Waals surface area contributed by atoms with Crippen molar-refractivity contribution < 1.29 is 14.0 Å². The molecule has 25 heavy (non-hydrogen) atoms. The minimum atomic E-state index is -0.316. The van der Waals surface area contributed by atoms with Gasteiger partial charge in [-0.15, -0.1) is 0 Å². The number of hydrogen-bond acceptors (Lipinski definition) is 2. The van der Waals surface area contributed by atoms with E-state index in [1.165, 1.54) is 17.7 Å². The van der Waals surface area contributed by atoms with Crippen LogP contribution in [0.1, 0.15) is 17.5 Å². The molecule has 4 nitrogen and oxygen atoms in total. The zero-order valence-electron chi connectivity index (χ0n) is 14.0. The first-order chi connectivity index (χ1) is 12.1. The number of likely N-dealkylation sites (tertiary alicyclic amines) is 1. The molecule has 130 valence electrons. The van der Waals surface area contributed by atoms with Crippen molar-refractivity contribution in [3.63, 3.8) is 0 Å². The van der Waals surface area contributed by atoms with Crippen LogP contribution in [0.2, 0.25) is 0 Å². The van der Waals surface area contributed by atoms with Crippen molar-refractivity contribution in [3.8, 4) is 0 Å². The van der Waals surface area contributed by atoms with Crippen molar-refractivity contribution in [1.82, 2.24) is 10.2 Å². The summed E-state index contributed by atoms with van der Waals surface area (Å²) < 4.78 is 13.0. The van der Waals surface area contributed by atoms with Crippen LogP contribution >= 0.6 is 0 Å². The van der Waals surface area contributed by atoms with Crippen LogP contribution in [0.5, 0.6) is 0 Å². The lowest BCUT2D eigenvalue weighted by molar-refractivity contribution is -0.129. The van der Waals surface area contributed by atoms with Gasteiger partial charge in [0, 0.05) is 26.1 Å². The molecule has 0 aliphatic carbocycles. The number of nitrogens with zero attached hydrogens (tertiary/aromatic N) is 1. The second kappa shape index (κ2) is 7.92. The third-order valence-electron chi connectivity index (χ3n) is 4.43. The number of rotatable bonds is 6. The molecule has 1 unspecified atom stereocenters. The van der Waals surface area contributed by atoms with E-state index in [-0.39, 0.29) is 30.0 Å². The molecular weight excluding hydrogens is 319 g/mol. The molecule has 1 aliphatic rings. The van der Waals surface area contributed by atoms with Gasteiger partial charge in [0.25, 0.3) is 0 Å². The van der Waals surface area contributed by atoms with E-state index in [9.17, 15) is 14.0 Å². The van der Waals surface area contributed by atoms with Gasteiger partial charge in [0.05, 0.1) is 5.92 Å². The van der Waals surface area contributed by atoms with Crippen LogP contribution in [-0.2, 0) is 22.6 Å². The van der Waals surface area contributed by atoms with Gasteiger partial charge in [0.2, 0.25) is 11.8 Å². The largest absolute Gasteiger partial charge is 0.355 e. The van der Waals surface area contributed by atoms with Gasteiger partial charge >= 0.3 is 0 Å². The van der Waals surface area contributed by atoms with E-state index in [4.69, 9.17) is 0 Å². The molecule has 0 spiro atoms. The van der Waals surface area contributed by atoms with E-state index in [1.807, 2.05) is 30.3 Å². The molecule has 1 atom stereocenters. The zero-order chi connectivity index (χ0) is 17.6. The maximum Gasteiger partial charge on any atom is 0.225 e. The smallest absolute Gasteiger partial charge is 0.225 e. The molecule has 0 radical (unpaired) electrons. The first-order valence-electron chi connectivity index (χ1n) is 8.45. The molecule has 1 heterocycles. The van der Waals surface area contributed by atoms with Gasteiger partial charge in [0.15, 0.2) is 0 Å². The summed E-state index contributed by atoms with van der Waals surface area (Å²) in [5.74, 6) is -0.727. The van der Waals surface area contributed by atoms with Gasteiger partial charge in [-0.2, -0.15) is 0 Å². The van der Waals surface area contributed by atoms with E-state index in [1.54, 1.807) is 17.0 Å². The van der Waals surface area contributed by atoms with Gasteiger partial charge in [-0.1, -0.05) is 42.5 Å². The SMILES string of the molecule is O=C(NCCc1ccccc1)C1CC(=O)N(Cc2ccc(F)cc2)C1. The Kier molecular flexibility index (Phi) is 5.43. The fourth-order valence-corrected chi connectivity index (χ4v) is 3.03. The predicted octanol–water partition coefficient (Wildman–Crippen LogP) is 2.53. The summed E-state index contributed by atoms with van der Waals surface area (Å²) in [5.41, 5.74) is 2.03. The third kappa shape index (κ3) is 4.66. The maximum absolute atomic E-state index is 13.0. The number of nitrogens with one attached hydrogen (secondary N) is 1. The van der Waals surface area contributed by atoms with E-state index in [0.717, 1.165) is 12.0 Å². The summed E-state index contributed by atoms with van der Waals surface area (Å²) in [7, 11) is 0. The first kappa shape index (κ1) is 17.1. The molecular formula is C20H21FN2O2. The van der Waals surface area contributed by atoms with Crippen molar-refractivity contribution in [3.05, 3.63) is 71.5 Å². The molecule has 2 amide bonds. The monoisotopic (exact) mass is 340 g/mol. The quantitative estimate of drug-likeness (QED) is 0.878. The lowest BCUT2D eigenvalue weighted by Gasteiger charge is -2.16. The summed E-state index contributed by atoms with van der Waals surface area (Å²) in [6.07, 6.45) is 1.00. The zero-order valence-corrected chi connectivity index (χ0v) is 14.0. The highest BCUT2D eigenvalue weighted by molar-refractivity contribution is 5.89. The highest BCUT2D eigenvalue weighted by Gasteiger charge is 2.33. The lowest BCUT2D eigenvalue weighted by Crippen LogP contribution is -2.34. The first-order valence-corrected chi connectivity index (χ1v) is 8.45. The Morgan fingerprint density at radius 1 is 1.08 bits per heavy atom. The molecule has 1 aliphatic heterocycles. The van der Waals surface area contributed by atoms with Gasteiger partial charge in [-0.05, 0) is 29.7 Å². The van der Waals surface area contributed by atoms with Crippen molar-refractivity contribution in [2.24, 2.45) is 5.92 Å². The minimum Gasteiger partial charge on any atom is -0.355 e. The molecule has 0 saturated carbocycles. The van der Waals surface area contributed by atoms with Crippen molar-refractivity contribution in [2.45, 2.75) is 19.4 Å². The average Bonchev–Trinajstić information content (AvgIpc) is 2.99. The molecule has 1 fully saturated rings. The number of carbonyl (C=O) groups is 2. The van der Waals surface area contributed by atoms with Crippen LogP contribution in [0.3, 0.4) is 0 Å². The van der Waals surface area contributed by atoms with E-state index in [0.29, 0.717) is 19.6 Å². The van der Waals surface area contributed by atoms with Gasteiger partial charge in [-0.25, -0.2) is 4.39 Å². The standard InChI is InChI=1S/C20H21FN2O2/c21-18-8-6-16(7-9-18)13-23-14-17(12-19(23)24)20(25)22-11-10-15-4-2-1-3-5-15/h1-9,17H,10-14H2,(H,22,25). The maximum atomic E-state index is 13.0. The summed E-state index contributed by atoms with van der Waals surface area (Å²) in [6.45, 7) is 1.38. The van der Waals surface area contributed by atoms with Crippen LogP contribution in [-0.4, -0.2) is 29.8 Å². The molecule has 1 saturated heterocycles. The molecule has 5 heteroatoms. The van der Waals surface area contributed by atoms with E-state index < -0.39 is 0 Å². The third-order valence-corrected chi connectivity index (χ3v) is 4.43. The van der Waals surface area contributed by atoms with Crippen molar-refractivity contribution in [2.75, 3.05) is 13.1 Å². The van der Waals surface area contributed by atoms with Gasteiger partial charge in [0.1, 0.15) is 5.82 Å². The van der Waals surface area contributed by atoms with Crippen LogP contribution in [0.25, 0.3) is 0 Å². The Balaban J connectivity index is 1.47. The molecule has 0 aromatic heterocycles. The Morgan fingerprint density at radius 2 is 1.80 bits per heavy atom. The highest BCUT2D eigenvalue weighted by atomic mass is 19.1. The van der Waals surface area contributed by atoms with Gasteiger partial charge < -0.3 is 10.2 Å². The molecule has 1 N–H and O–H groups in total. The summed E-state index contributed by atoms with van der Waals surface area (Å²) in [5, 5.41) is 2.92. The average molecular weight is 340 g/mol. The van der Waals surface area contributed by atoms with Crippen LogP contribution in [0, 0.1) is 11.7 Å². The number of halogens is 1. The van der Waals surface area contributed by atoms with Gasteiger partial charge in [-0.3, -0.25) is 9.59 Å². The Bertz CT molecular complexity index is 731. The summed E-state index contributed by atoms with van der Waals surface area (Å²) in [4.78, 5) is 26.1. The van der Waals surface area contributed by atoms with Crippen LogP contribution in [0.15, 0.2) is 54.6 Å². The van der Waals surface area contributed by atoms with E-state index in [2.05, 4.69) is 5.32 Å². The normalized spacial score (nSPS) is 16.9. The van der Waals surface area contributed by atoms with Crippen LogP contribution in [0.4, 0.5) is 4.39 Å². The van der Waals surface area contributed by atoms with Crippen molar-refractivity contribution >= 4 is 11.8 Å². The second-order valence-electron chi connectivity index (χ2n) is 6.33. The minimum absolute atomic E-state index is 0.0347. The molecule has 2 aromatic carbocycles. The lowest BCUT2D eigenvalue weighted by atomic mass is 10.1. The molecule has 3 rings (SSSR count). The Morgan fingerprint density at radius 3 is 2.52 bits per heavy atom. The van der Waals surface area contributed by atoms with E-state index >= 15 is 0 Å². The molecule has 0 bridgehead atoms. The summed E-state index contributed by atoms with van der Waals surface area (Å²) >= 11 is 0. The molecule has 2 aromatic rings. The number of carbonyl (C=O) groups excluding carboxylic acids is 2. The number of benzene rings is 2. The summed E-state index contributed by atoms with van der Waals surface area (Å²) in [6, 6.07) is 16.0. The second-order valence-corrected chi connectivity index (χ2v) is 6.33. The Hall–Kier alpha value is -2.69. The topological polar surface area (TPSA) is 49.4 Å². The fraction of sp³-hybridized carbons (Fsp3) is 0.300. The number of hydrogen-bond donors (Lipinski definition) is 1. The Labute approximate surface area is 146 Å². The predicted molar refractivity (Wildman–Crippen MR) is 93.1 cm³/mol. The highest BCUT2D eigenvalue weighted by Crippen LogP contribution is 2.20. The number of amides is 2. The fourth-order valence-electron chi connectivity index (χ4n) is 3.03.